The summed E-state index contributed by atoms with van der Waals surface area (Å²) in [5.41, 5.74) is -0.457. The highest BCUT2D eigenvalue weighted by Crippen LogP contribution is 2.17. The van der Waals surface area contributed by atoms with Gasteiger partial charge in [0.05, 0.1) is 5.88 Å². The quantitative estimate of drug-likeness (QED) is 0.440. The van der Waals surface area contributed by atoms with Crippen molar-refractivity contribution in [2.75, 3.05) is 5.88 Å². The van der Waals surface area contributed by atoms with Gasteiger partial charge in [0, 0.05) is 5.41 Å². The first-order valence-electron chi connectivity index (χ1n) is 2.77. The van der Waals surface area contributed by atoms with Gasteiger partial charge in [0.1, 0.15) is 0 Å². The molecule has 0 aromatic heterocycles. The van der Waals surface area contributed by atoms with Crippen molar-refractivity contribution in [3.05, 3.63) is 12.7 Å². The van der Waals surface area contributed by atoms with Gasteiger partial charge in [-0.05, 0) is 13.8 Å². The molecule has 0 unspecified atom stereocenters. The van der Waals surface area contributed by atoms with Gasteiger partial charge in [0.2, 0.25) is 0 Å². The zero-order chi connectivity index (χ0) is 7.49. The monoisotopic (exact) mass is 146 g/mol. The van der Waals surface area contributed by atoms with E-state index in [0.29, 0.717) is 0 Å². The first-order valence-corrected chi connectivity index (χ1v) is 3.31. The van der Waals surface area contributed by atoms with E-state index in [2.05, 4.69) is 6.58 Å². The number of halogens is 1. The van der Waals surface area contributed by atoms with Crippen molar-refractivity contribution in [3.8, 4) is 0 Å². The summed E-state index contributed by atoms with van der Waals surface area (Å²) < 4.78 is 0. The second-order valence-electron chi connectivity index (χ2n) is 2.48. The van der Waals surface area contributed by atoms with Crippen LogP contribution in [0, 0.1) is 5.41 Å². The molecule has 0 aliphatic carbocycles. The minimum atomic E-state index is -0.457. The normalized spacial score (nSPS) is 11.0. The fourth-order valence-electron chi connectivity index (χ4n) is 0.286. The predicted molar refractivity (Wildman–Crippen MR) is 39.7 cm³/mol. The van der Waals surface area contributed by atoms with Crippen molar-refractivity contribution in [2.45, 2.75) is 13.8 Å². The Hall–Kier alpha value is -0.300. The Kier molecular flexibility index (Phi) is 2.92. The lowest BCUT2D eigenvalue weighted by Crippen LogP contribution is -2.22. The van der Waals surface area contributed by atoms with Crippen LogP contribution in [-0.4, -0.2) is 11.7 Å². The summed E-state index contributed by atoms with van der Waals surface area (Å²) in [5, 5.41) is 0. The van der Waals surface area contributed by atoms with Gasteiger partial charge >= 0.3 is 0 Å². The van der Waals surface area contributed by atoms with E-state index < -0.39 is 5.41 Å². The Morgan fingerprint density at radius 3 is 2.33 bits per heavy atom. The van der Waals surface area contributed by atoms with E-state index in [4.69, 9.17) is 11.6 Å². The number of carbonyl (C=O) groups is 1. The molecule has 0 aliphatic rings. The largest absolute Gasteiger partial charge is 0.297 e. The Labute approximate surface area is 60.7 Å². The van der Waals surface area contributed by atoms with E-state index in [1.54, 1.807) is 19.9 Å². The molecule has 0 N–H and O–H groups in total. The molecule has 0 amide bonds. The van der Waals surface area contributed by atoms with Crippen LogP contribution in [0.3, 0.4) is 0 Å². The van der Waals surface area contributed by atoms with Crippen molar-refractivity contribution >= 4 is 17.4 Å². The van der Waals surface area contributed by atoms with Gasteiger partial charge in [-0.15, -0.1) is 18.2 Å². The summed E-state index contributed by atoms with van der Waals surface area (Å²) in [4.78, 5) is 10.9. The number of hydrogen-bond donors (Lipinski definition) is 0. The minimum absolute atomic E-state index is 0.0131. The summed E-state index contributed by atoms with van der Waals surface area (Å²) in [5.74, 6) is 0.0816. The number of hydrogen-bond acceptors (Lipinski definition) is 1. The van der Waals surface area contributed by atoms with E-state index in [9.17, 15) is 4.79 Å². The summed E-state index contributed by atoms with van der Waals surface area (Å²) in [7, 11) is 0. The van der Waals surface area contributed by atoms with Crippen LogP contribution in [0.15, 0.2) is 12.7 Å². The molecular weight excluding hydrogens is 136 g/mol. The smallest absolute Gasteiger partial charge is 0.156 e. The summed E-state index contributed by atoms with van der Waals surface area (Å²) >= 11 is 5.32. The lowest BCUT2D eigenvalue weighted by molar-refractivity contribution is -0.122. The standard InChI is InChI=1S/C7H11ClO/c1-4-7(2,3)6(9)5-8/h4H,1,5H2,2-3H3. The molecule has 0 atom stereocenters. The van der Waals surface area contributed by atoms with Crippen molar-refractivity contribution in [1.29, 1.82) is 0 Å². The predicted octanol–water partition coefficient (Wildman–Crippen LogP) is 2.01. The third-order valence-corrected chi connectivity index (χ3v) is 1.59. The van der Waals surface area contributed by atoms with Gasteiger partial charge < -0.3 is 0 Å². The zero-order valence-electron chi connectivity index (χ0n) is 5.78. The fourth-order valence-corrected chi connectivity index (χ4v) is 0.630. The van der Waals surface area contributed by atoms with E-state index in [0.717, 1.165) is 0 Å². The Bertz CT molecular complexity index is 127. The Morgan fingerprint density at radius 2 is 2.22 bits per heavy atom. The SMILES string of the molecule is C=CC(C)(C)C(=O)CCl. The van der Waals surface area contributed by atoms with Gasteiger partial charge in [-0.25, -0.2) is 0 Å². The molecule has 0 saturated carbocycles. The Balaban J connectivity index is 4.14. The lowest BCUT2D eigenvalue weighted by atomic mass is 9.89. The topological polar surface area (TPSA) is 17.1 Å². The first kappa shape index (κ1) is 8.70. The number of rotatable bonds is 3. The third-order valence-electron chi connectivity index (χ3n) is 1.35. The minimum Gasteiger partial charge on any atom is -0.297 e. The van der Waals surface area contributed by atoms with Gasteiger partial charge in [0.15, 0.2) is 5.78 Å². The maximum absolute atomic E-state index is 10.9. The van der Waals surface area contributed by atoms with Crippen LogP contribution < -0.4 is 0 Å². The number of ketones is 1. The molecule has 0 radical (unpaired) electrons. The van der Waals surface area contributed by atoms with Crippen LogP contribution in [0.25, 0.3) is 0 Å². The molecule has 0 aromatic carbocycles. The molecule has 2 heteroatoms. The molecule has 9 heavy (non-hydrogen) atoms. The number of allylic oxidation sites excluding steroid dienone is 1. The molecule has 0 bridgehead atoms. The van der Waals surface area contributed by atoms with Gasteiger partial charge in [-0.3, -0.25) is 4.79 Å². The van der Waals surface area contributed by atoms with Gasteiger partial charge in [0.25, 0.3) is 0 Å². The van der Waals surface area contributed by atoms with Crippen molar-refractivity contribution < 1.29 is 4.79 Å². The molecule has 0 spiro atoms. The average Bonchev–Trinajstić information content (AvgIpc) is 1.86. The highest BCUT2D eigenvalue weighted by molar-refractivity contribution is 6.28. The Morgan fingerprint density at radius 1 is 1.78 bits per heavy atom. The molecule has 0 saturated heterocycles. The average molecular weight is 147 g/mol. The number of carbonyl (C=O) groups excluding carboxylic acids is 1. The number of Topliss-reactive ketones (excluding diaryl/α,β-unsaturated/α-hetero) is 1. The molecule has 1 nitrogen and oxygen atoms in total. The summed E-state index contributed by atoms with van der Waals surface area (Å²) in [6.07, 6.45) is 1.61. The second-order valence-corrected chi connectivity index (χ2v) is 2.75. The molecule has 52 valence electrons. The second kappa shape index (κ2) is 3.02. The molecule has 0 aromatic rings. The van der Waals surface area contributed by atoms with Crippen molar-refractivity contribution in [3.63, 3.8) is 0 Å². The fraction of sp³-hybridized carbons (Fsp3) is 0.571. The summed E-state index contributed by atoms with van der Waals surface area (Å²) in [6.45, 7) is 7.11. The molecule has 0 aliphatic heterocycles. The van der Waals surface area contributed by atoms with Crippen LogP contribution in [0.2, 0.25) is 0 Å². The molecular formula is C7H11ClO. The third kappa shape index (κ3) is 2.19. The van der Waals surface area contributed by atoms with E-state index in [1.165, 1.54) is 0 Å². The highest BCUT2D eigenvalue weighted by atomic mass is 35.5. The zero-order valence-corrected chi connectivity index (χ0v) is 6.53. The molecule has 0 rings (SSSR count). The highest BCUT2D eigenvalue weighted by Gasteiger charge is 2.21. The number of alkyl halides is 1. The van der Waals surface area contributed by atoms with E-state index in [-0.39, 0.29) is 11.7 Å². The van der Waals surface area contributed by atoms with Crippen molar-refractivity contribution in [2.24, 2.45) is 5.41 Å². The molecule has 0 fully saturated rings. The van der Waals surface area contributed by atoms with Crippen LogP contribution in [0.1, 0.15) is 13.8 Å². The van der Waals surface area contributed by atoms with Gasteiger partial charge in [-0.2, -0.15) is 0 Å². The summed E-state index contributed by atoms with van der Waals surface area (Å²) in [6, 6.07) is 0. The van der Waals surface area contributed by atoms with Crippen LogP contribution in [0.5, 0.6) is 0 Å². The first-order chi connectivity index (χ1) is 4.04. The molecule has 0 heterocycles. The van der Waals surface area contributed by atoms with Crippen LogP contribution in [-0.2, 0) is 4.79 Å². The van der Waals surface area contributed by atoms with E-state index in [1.807, 2.05) is 0 Å². The van der Waals surface area contributed by atoms with Crippen LogP contribution >= 0.6 is 11.6 Å². The van der Waals surface area contributed by atoms with Crippen LogP contribution in [0.4, 0.5) is 0 Å². The van der Waals surface area contributed by atoms with Gasteiger partial charge in [-0.1, -0.05) is 6.08 Å². The maximum atomic E-state index is 10.9. The maximum Gasteiger partial charge on any atom is 0.156 e. The van der Waals surface area contributed by atoms with E-state index >= 15 is 0 Å². The lowest BCUT2D eigenvalue weighted by Gasteiger charge is -2.15. The van der Waals surface area contributed by atoms with Crippen molar-refractivity contribution in [1.82, 2.24) is 0 Å².